The number of aliphatic hydroxyl groups excluding tert-OH is 2. The summed E-state index contributed by atoms with van der Waals surface area (Å²) in [5.41, 5.74) is 0. The Hall–Kier alpha value is -1.18. The van der Waals surface area contributed by atoms with Crippen molar-refractivity contribution in [2.45, 2.75) is 12.8 Å². The van der Waals surface area contributed by atoms with Gasteiger partial charge in [-0.2, -0.15) is 0 Å². The Morgan fingerprint density at radius 1 is 1.22 bits per heavy atom. The van der Waals surface area contributed by atoms with Crippen molar-refractivity contribution in [1.82, 2.24) is 10.2 Å². The van der Waals surface area contributed by atoms with Crippen LogP contribution in [0.3, 0.4) is 0 Å². The molecule has 0 saturated heterocycles. The molecular weight excluding hydrogens is 240 g/mol. The lowest BCUT2D eigenvalue weighted by atomic mass is 10.3. The number of carbonyl (C=O) groups is 2. The minimum atomic E-state index is -0.300. The molecule has 106 valence electrons. The standard InChI is InChI=1S/C11H22N2O5/c1-18-11(17)3-2-4-12-10(16)9-13(5-7-14)6-8-15/h14-15H,2-9H2,1H3,(H,12,16). The largest absolute Gasteiger partial charge is 0.469 e. The van der Waals surface area contributed by atoms with Gasteiger partial charge in [-0.1, -0.05) is 0 Å². The highest BCUT2D eigenvalue weighted by atomic mass is 16.5. The van der Waals surface area contributed by atoms with E-state index in [1.54, 1.807) is 4.90 Å². The van der Waals surface area contributed by atoms with Gasteiger partial charge in [0.15, 0.2) is 0 Å². The van der Waals surface area contributed by atoms with E-state index in [0.717, 1.165) is 0 Å². The van der Waals surface area contributed by atoms with Crippen LogP contribution in [0, 0.1) is 0 Å². The third-order valence-electron chi connectivity index (χ3n) is 2.31. The number of carbonyl (C=O) groups excluding carboxylic acids is 2. The second-order valence-electron chi connectivity index (χ2n) is 3.75. The van der Waals surface area contributed by atoms with Gasteiger partial charge in [-0.15, -0.1) is 0 Å². The summed E-state index contributed by atoms with van der Waals surface area (Å²) < 4.78 is 4.47. The quantitative estimate of drug-likeness (QED) is 0.322. The van der Waals surface area contributed by atoms with Crippen molar-refractivity contribution in [3.63, 3.8) is 0 Å². The summed E-state index contributed by atoms with van der Waals surface area (Å²) in [7, 11) is 1.32. The molecule has 3 N–H and O–H groups in total. The summed E-state index contributed by atoms with van der Waals surface area (Å²) in [6.07, 6.45) is 0.798. The van der Waals surface area contributed by atoms with Crippen LogP contribution in [-0.2, 0) is 14.3 Å². The zero-order valence-corrected chi connectivity index (χ0v) is 10.7. The van der Waals surface area contributed by atoms with Crippen LogP contribution in [-0.4, -0.2) is 73.5 Å². The molecule has 0 aromatic heterocycles. The molecule has 0 heterocycles. The minimum absolute atomic E-state index is 0.0599. The molecule has 18 heavy (non-hydrogen) atoms. The van der Waals surface area contributed by atoms with Gasteiger partial charge in [0.25, 0.3) is 0 Å². The van der Waals surface area contributed by atoms with Gasteiger partial charge < -0.3 is 20.3 Å². The molecule has 0 fully saturated rings. The zero-order chi connectivity index (χ0) is 13.8. The summed E-state index contributed by atoms with van der Waals surface area (Å²) in [6, 6.07) is 0. The second-order valence-corrected chi connectivity index (χ2v) is 3.75. The van der Waals surface area contributed by atoms with Crippen LogP contribution in [0.15, 0.2) is 0 Å². The molecule has 0 spiro atoms. The minimum Gasteiger partial charge on any atom is -0.469 e. The van der Waals surface area contributed by atoms with Crippen LogP contribution >= 0.6 is 0 Å². The molecule has 0 saturated carbocycles. The molecule has 0 aromatic rings. The average Bonchev–Trinajstić information content (AvgIpc) is 2.35. The smallest absolute Gasteiger partial charge is 0.305 e. The Kier molecular flexibility index (Phi) is 10.2. The molecule has 1 amide bonds. The molecule has 0 aliphatic heterocycles. The Morgan fingerprint density at radius 2 is 1.83 bits per heavy atom. The summed E-state index contributed by atoms with van der Waals surface area (Å²) in [4.78, 5) is 23.9. The van der Waals surface area contributed by atoms with E-state index in [1.807, 2.05) is 0 Å². The number of ether oxygens (including phenoxy) is 1. The Balaban J connectivity index is 3.70. The maximum Gasteiger partial charge on any atom is 0.305 e. The van der Waals surface area contributed by atoms with Crippen LogP contribution in [0.2, 0.25) is 0 Å². The van der Waals surface area contributed by atoms with Gasteiger partial charge in [-0.05, 0) is 6.42 Å². The first kappa shape index (κ1) is 16.8. The van der Waals surface area contributed by atoms with E-state index in [9.17, 15) is 9.59 Å². The highest BCUT2D eigenvalue weighted by molar-refractivity contribution is 5.78. The first-order valence-corrected chi connectivity index (χ1v) is 5.91. The summed E-state index contributed by atoms with van der Waals surface area (Å²) in [6.45, 7) is 1.09. The maximum atomic E-state index is 11.5. The fourth-order valence-corrected chi connectivity index (χ4v) is 1.37. The molecular formula is C11H22N2O5. The van der Waals surface area contributed by atoms with E-state index >= 15 is 0 Å². The molecule has 7 nitrogen and oxygen atoms in total. The Morgan fingerprint density at radius 3 is 2.33 bits per heavy atom. The number of nitrogens with zero attached hydrogens (tertiary/aromatic N) is 1. The van der Waals surface area contributed by atoms with Gasteiger partial charge in [0, 0.05) is 26.1 Å². The van der Waals surface area contributed by atoms with Crippen LogP contribution in [0.25, 0.3) is 0 Å². The third kappa shape index (κ3) is 8.91. The van der Waals surface area contributed by atoms with E-state index in [-0.39, 0.29) is 38.1 Å². The number of nitrogens with one attached hydrogen (secondary N) is 1. The van der Waals surface area contributed by atoms with Crippen molar-refractivity contribution in [1.29, 1.82) is 0 Å². The monoisotopic (exact) mass is 262 g/mol. The molecule has 0 bridgehead atoms. The van der Waals surface area contributed by atoms with Crippen molar-refractivity contribution < 1.29 is 24.5 Å². The van der Waals surface area contributed by atoms with Crippen molar-refractivity contribution >= 4 is 11.9 Å². The number of rotatable bonds is 10. The highest BCUT2D eigenvalue weighted by Gasteiger charge is 2.09. The van der Waals surface area contributed by atoms with Crippen molar-refractivity contribution in [2.75, 3.05) is 46.5 Å². The second kappa shape index (κ2) is 10.9. The normalized spacial score (nSPS) is 10.4. The lowest BCUT2D eigenvalue weighted by Crippen LogP contribution is -2.40. The van der Waals surface area contributed by atoms with Gasteiger partial charge in [-0.25, -0.2) is 0 Å². The Bertz CT molecular complexity index is 242. The topological polar surface area (TPSA) is 99.1 Å². The SMILES string of the molecule is COC(=O)CCCNC(=O)CN(CCO)CCO. The van der Waals surface area contributed by atoms with E-state index in [2.05, 4.69) is 10.1 Å². The maximum absolute atomic E-state index is 11.5. The average molecular weight is 262 g/mol. The molecule has 0 atom stereocenters. The highest BCUT2D eigenvalue weighted by Crippen LogP contribution is 1.91. The van der Waals surface area contributed by atoms with Crippen molar-refractivity contribution in [2.24, 2.45) is 0 Å². The van der Waals surface area contributed by atoms with E-state index in [0.29, 0.717) is 26.1 Å². The van der Waals surface area contributed by atoms with Gasteiger partial charge >= 0.3 is 5.97 Å². The molecule has 0 aliphatic carbocycles. The van der Waals surface area contributed by atoms with Crippen LogP contribution in [0.4, 0.5) is 0 Å². The summed E-state index contributed by atoms with van der Waals surface area (Å²) in [5, 5.41) is 20.2. The van der Waals surface area contributed by atoms with Gasteiger partial charge in [0.05, 0.1) is 26.9 Å². The third-order valence-corrected chi connectivity index (χ3v) is 2.31. The lowest BCUT2D eigenvalue weighted by Gasteiger charge is -2.19. The van der Waals surface area contributed by atoms with Crippen LogP contribution in [0.5, 0.6) is 0 Å². The van der Waals surface area contributed by atoms with Crippen molar-refractivity contribution in [3.05, 3.63) is 0 Å². The number of methoxy groups -OCH3 is 1. The van der Waals surface area contributed by atoms with E-state index in [4.69, 9.17) is 10.2 Å². The lowest BCUT2D eigenvalue weighted by molar-refractivity contribution is -0.140. The number of aliphatic hydroxyl groups is 2. The van der Waals surface area contributed by atoms with Crippen LogP contribution < -0.4 is 5.32 Å². The molecule has 0 aromatic carbocycles. The van der Waals surface area contributed by atoms with E-state index in [1.165, 1.54) is 7.11 Å². The number of esters is 1. The van der Waals surface area contributed by atoms with Crippen molar-refractivity contribution in [3.8, 4) is 0 Å². The Labute approximate surface area is 107 Å². The number of hydrogen-bond acceptors (Lipinski definition) is 6. The summed E-state index contributed by atoms with van der Waals surface area (Å²) >= 11 is 0. The summed E-state index contributed by atoms with van der Waals surface area (Å²) in [5.74, 6) is -0.492. The first-order chi connectivity index (χ1) is 8.63. The molecule has 0 radical (unpaired) electrons. The molecule has 0 unspecified atom stereocenters. The fraction of sp³-hybridized carbons (Fsp3) is 0.818. The zero-order valence-electron chi connectivity index (χ0n) is 10.7. The predicted molar refractivity (Wildman–Crippen MR) is 64.9 cm³/mol. The first-order valence-electron chi connectivity index (χ1n) is 5.91. The van der Waals surface area contributed by atoms with Gasteiger partial charge in [0.1, 0.15) is 0 Å². The number of amides is 1. The molecule has 0 aliphatic rings. The predicted octanol–water partition coefficient (Wildman–Crippen LogP) is -1.66. The number of hydrogen-bond donors (Lipinski definition) is 3. The van der Waals surface area contributed by atoms with Gasteiger partial charge in [-0.3, -0.25) is 14.5 Å². The van der Waals surface area contributed by atoms with Crippen LogP contribution in [0.1, 0.15) is 12.8 Å². The van der Waals surface area contributed by atoms with E-state index < -0.39 is 0 Å². The molecule has 7 heteroatoms. The fourth-order valence-electron chi connectivity index (χ4n) is 1.37. The molecule has 0 rings (SSSR count). The van der Waals surface area contributed by atoms with Gasteiger partial charge in [0.2, 0.25) is 5.91 Å².